The Balaban J connectivity index is 0.00000183. The first-order valence-corrected chi connectivity index (χ1v) is 20.3. The summed E-state index contributed by atoms with van der Waals surface area (Å²) in [6.45, 7) is 7.05. The van der Waals surface area contributed by atoms with Crippen LogP contribution >= 0.6 is 11.3 Å². The number of anilines is 2. The van der Waals surface area contributed by atoms with Gasteiger partial charge in [-0.3, -0.25) is 0 Å². The normalized spacial score (nSPS) is 14.0. The van der Waals surface area contributed by atoms with Crippen molar-refractivity contribution in [2.75, 3.05) is 11.4 Å². The smallest absolute Gasteiger partial charge is 0.0641 e. The standard InChI is InChI=1S/C49H35N3S.C2H6/c1-2-15-37-38-27-28-44-47(39-22-10-13-24-43(39)51(44)34-26-29-46-40(30-34)36-21-11-14-25-45(36)53-46)49(38)52(33-18-7-4-8-19-33)48(37)41-31-50(32-16-5-3-6-17-32)42-23-12-9-20-35(41)42;1-2/h3-30H,2,31H2,1H3;1-2H3/b37-15-,48-41-;. The van der Waals surface area contributed by atoms with E-state index < -0.39 is 0 Å². The van der Waals surface area contributed by atoms with Crippen LogP contribution in [0, 0.1) is 0 Å². The van der Waals surface area contributed by atoms with Gasteiger partial charge >= 0.3 is 0 Å². The minimum Gasteiger partial charge on any atom is -0.336 e. The van der Waals surface area contributed by atoms with Crippen molar-refractivity contribution in [3.05, 3.63) is 180 Å². The fraction of sp³-hybridized carbons (Fsp3) is 0.0980. The number of hydrogen-bond acceptors (Lipinski definition) is 2. The third kappa shape index (κ3) is 5.09. The number of thiophene rings is 1. The molecule has 3 aromatic heterocycles. The quantitative estimate of drug-likeness (QED) is 0.176. The number of hydrogen-bond donors (Lipinski definition) is 0. The molecule has 0 saturated carbocycles. The van der Waals surface area contributed by atoms with Crippen LogP contribution in [0.25, 0.3) is 75.9 Å². The summed E-state index contributed by atoms with van der Waals surface area (Å²) in [7, 11) is 0. The van der Waals surface area contributed by atoms with Crippen molar-refractivity contribution >= 4 is 87.2 Å². The van der Waals surface area contributed by atoms with Crippen LogP contribution in [0.3, 0.4) is 0 Å². The predicted octanol–water partition coefficient (Wildman–Crippen LogP) is 12.7. The van der Waals surface area contributed by atoms with Crippen molar-refractivity contribution in [3.63, 3.8) is 0 Å². The zero-order valence-electron chi connectivity index (χ0n) is 31.3. The van der Waals surface area contributed by atoms with Crippen molar-refractivity contribution in [3.8, 4) is 11.4 Å². The molecule has 0 amide bonds. The first-order valence-electron chi connectivity index (χ1n) is 19.5. The summed E-state index contributed by atoms with van der Waals surface area (Å²) in [4.78, 5) is 2.47. The van der Waals surface area contributed by atoms with Gasteiger partial charge in [0.25, 0.3) is 0 Å². The van der Waals surface area contributed by atoms with Crippen molar-refractivity contribution in [2.45, 2.75) is 27.2 Å². The van der Waals surface area contributed by atoms with Gasteiger partial charge in [0, 0.05) is 75.4 Å². The van der Waals surface area contributed by atoms with Crippen LogP contribution in [-0.2, 0) is 0 Å². The zero-order chi connectivity index (χ0) is 37.0. The second kappa shape index (κ2) is 13.5. The maximum atomic E-state index is 2.58. The van der Waals surface area contributed by atoms with Crippen LogP contribution in [0.2, 0.25) is 0 Å². The largest absolute Gasteiger partial charge is 0.336 e. The van der Waals surface area contributed by atoms with Crippen LogP contribution in [-0.4, -0.2) is 15.7 Å². The van der Waals surface area contributed by atoms with Crippen LogP contribution in [0.15, 0.2) is 164 Å². The molecule has 1 aliphatic rings. The lowest BCUT2D eigenvalue weighted by atomic mass is 10.1. The topological polar surface area (TPSA) is 13.1 Å². The number of benzene rings is 7. The maximum Gasteiger partial charge on any atom is 0.0641 e. The number of fused-ring (bicyclic) bond motifs is 9. The van der Waals surface area contributed by atoms with Gasteiger partial charge in [-0.1, -0.05) is 124 Å². The van der Waals surface area contributed by atoms with Crippen LogP contribution < -0.4 is 15.5 Å². The molecular weight excluding hydrogens is 687 g/mol. The van der Waals surface area contributed by atoms with Crippen molar-refractivity contribution in [1.82, 2.24) is 9.13 Å². The summed E-state index contributed by atoms with van der Waals surface area (Å²) in [5.74, 6) is 0. The Morgan fingerprint density at radius 3 is 2.02 bits per heavy atom. The van der Waals surface area contributed by atoms with Crippen LogP contribution in [0.5, 0.6) is 0 Å². The highest BCUT2D eigenvalue weighted by Crippen LogP contribution is 2.42. The molecule has 55 heavy (non-hydrogen) atoms. The van der Waals surface area contributed by atoms with Crippen molar-refractivity contribution < 1.29 is 0 Å². The number of nitrogens with zero attached hydrogens (tertiary/aromatic N) is 3. The third-order valence-electron chi connectivity index (χ3n) is 11.0. The summed E-state index contributed by atoms with van der Waals surface area (Å²) in [5.41, 5.74) is 11.1. The molecule has 4 heterocycles. The first kappa shape index (κ1) is 33.2. The van der Waals surface area contributed by atoms with E-state index in [1.807, 2.05) is 25.2 Å². The van der Waals surface area contributed by atoms with Gasteiger partial charge in [-0.05, 0) is 73.2 Å². The van der Waals surface area contributed by atoms with Crippen LogP contribution in [0.4, 0.5) is 11.4 Å². The summed E-state index contributed by atoms with van der Waals surface area (Å²) >= 11 is 1.87. The van der Waals surface area contributed by atoms with Gasteiger partial charge in [0.15, 0.2) is 0 Å². The Kier molecular flexibility index (Phi) is 8.15. The van der Waals surface area contributed by atoms with Gasteiger partial charge in [0.2, 0.25) is 0 Å². The average molecular weight is 728 g/mol. The van der Waals surface area contributed by atoms with Crippen LogP contribution in [0.1, 0.15) is 32.8 Å². The molecule has 0 N–H and O–H groups in total. The van der Waals surface area contributed by atoms with E-state index in [1.54, 1.807) is 0 Å². The fourth-order valence-electron chi connectivity index (χ4n) is 8.86. The second-order valence-electron chi connectivity index (χ2n) is 14.0. The molecule has 0 bridgehead atoms. The molecule has 0 fully saturated rings. The molecule has 0 unspecified atom stereocenters. The van der Waals surface area contributed by atoms with Crippen molar-refractivity contribution in [2.24, 2.45) is 0 Å². The molecule has 4 heteroatoms. The van der Waals surface area contributed by atoms with E-state index >= 15 is 0 Å². The number of aromatic nitrogens is 2. The Hall–Kier alpha value is -6.36. The number of rotatable bonds is 4. The predicted molar refractivity (Wildman–Crippen MR) is 238 cm³/mol. The monoisotopic (exact) mass is 727 g/mol. The van der Waals surface area contributed by atoms with Gasteiger partial charge in [-0.2, -0.15) is 0 Å². The zero-order valence-corrected chi connectivity index (χ0v) is 32.1. The fourth-order valence-corrected chi connectivity index (χ4v) is 9.95. The van der Waals surface area contributed by atoms with Crippen molar-refractivity contribution in [1.29, 1.82) is 0 Å². The molecule has 7 aromatic carbocycles. The lowest BCUT2D eigenvalue weighted by Gasteiger charge is -2.19. The Bertz CT molecular complexity index is 3180. The SMILES string of the molecule is CC.CC/C=c1\c(=C2/CN(c3ccccc3)c3ccccc32)n(-c2ccccc2)c2c1ccc1c2c2ccccc2n1-c1ccc2sc3ccccc3c2c1. The van der Waals surface area contributed by atoms with E-state index in [-0.39, 0.29) is 0 Å². The molecule has 0 saturated heterocycles. The van der Waals surface area contributed by atoms with Gasteiger partial charge < -0.3 is 14.0 Å². The summed E-state index contributed by atoms with van der Waals surface area (Å²) in [6, 6.07) is 60.2. The average Bonchev–Trinajstić information content (AvgIpc) is 4.00. The highest BCUT2D eigenvalue weighted by Gasteiger charge is 2.28. The maximum absolute atomic E-state index is 2.58. The van der Waals surface area contributed by atoms with E-state index in [0.717, 1.165) is 13.0 Å². The Morgan fingerprint density at radius 2 is 1.22 bits per heavy atom. The molecule has 3 nitrogen and oxygen atoms in total. The highest BCUT2D eigenvalue weighted by molar-refractivity contribution is 7.25. The lowest BCUT2D eigenvalue weighted by molar-refractivity contribution is 1.05. The third-order valence-corrected chi connectivity index (χ3v) is 12.2. The minimum absolute atomic E-state index is 0.788. The molecule has 0 radical (unpaired) electrons. The lowest BCUT2D eigenvalue weighted by Crippen LogP contribution is -2.32. The molecule has 11 rings (SSSR count). The summed E-state index contributed by atoms with van der Waals surface area (Å²) < 4.78 is 7.70. The number of para-hydroxylation sites is 4. The summed E-state index contributed by atoms with van der Waals surface area (Å²) in [5, 5.41) is 9.02. The summed E-state index contributed by atoms with van der Waals surface area (Å²) in [6.07, 6.45) is 3.38. The molecule has 10 aromatic rings. The van der Waals surface area contributed by atoms with E-state index in [2.05, 4.69) is 191 Å². The minimum atomic E-state index is 0.788. The van der Waals surface area contributed by atoms with E-state index in [1.165, 1.54) is 97.3 Å². The molecule has 0 aliphatic carbocycles. The highest BCUT2D eigenvalue weighted by atomic mass is 32.1. The van der Waals surface area contributed by atoms with E-state index in [9.17, 15) is 0 Å². The molecule has 0 spiro atoms. The van der Waals surface area contributed by atoms with Gasteiger partial charge in [-0.25, -0.2) is 0 Å². The molecule has 0 atom stereocenters. The first-order chi connectivity index (χ1) is 27.3. The van der Waals surface area contributed by atoms with E-state index in [4.69, 9.17) is 0 Å². The van der Waals surface area contributed by atoms with Gasteiger partial charge in [0.05, 0.1) is 28.4 Å². The Labute approximate surface area is 324 Å². The second-order valence-corrected chi connectivity index (χ2v) is 15.0. The molecule has 1 aliphatic heterocycles. The van der Waals surface area contributed by atoms with Gasteiger partial charge in [-0.15, -0.1) is 11.3 Å². The Morgan fingerprint density at radius 1 is 0.545 bits per heavy atom. The molecule has 266 valence electrons. The van der Waals surface area contributed by atoms with Gasteiger partial charge in [0.1, 0.15) is 0 Å². The molecular formula is C51H41N3S. The van der Waals surface area contributed by atoms with E-state index in [0.29, 0.717) is 0 Å².